The maximum absolute atomic E-state index is 5.11. The van der Waals surface area contributed by atoms with Crippen molar-refractivity contribution in [3.8, 4) is 0 Å². The topological polar surface area (TPSA) is 33.3 Å². The summed E-state index contributed by atoms with van der Waals surface area (Å²) in [7, 11) is 1.68. The summed E-state index contributed by atoms with van der Waals surface area (Å²) in [6.07, 6.45) is 3.25. The lowest BCUT2D eigenvalue weighted by atomic mass is 10.3. The minimum absolute atomic E-state index is 0.435. The average Bonchev–Trinajstić information content (AvgIpc) is 2.15. The third kappa shape index (κ3) is 8.59. The summed E-state index contributed by atoms with van der Waals surface area (Å²) >= 11 is 6.96. The monoisotopic (exact) mass is 236 g/mol. The second kappa shape index (κ2) is 9.55. The number of rotatable bonds is 7. The Morgan fingerprint density at radius 2 is 2.29 bits per heavy atom. The van der Waals surface area contributed by atoms with Gasteiger partial charge in [-0.2, -0.15) is 11.8 Å². The largest absolute Gasteiger partial charge is 0.383 e. The van der Waals surface area contributed by atoms with E-state index in [9.17, 15) is 0 Å². The van der Waals surface area contributed by atoms with Gasteiger partial charge in [0.2, 0.25) is 0 Å². The highest BCUT2D eigenvalue weighted by Crippen LogP contribution is 1.99. The number of ether oxygens (including phenoxy) is 1. The number of nitrogens with one attached hydrogen (secondary N) is 2. The van der Waals surface area contributed by atoms with Gasteiger partial charge in [-0.15, -0.1) is 0 Å². The number of hydrogen-bond donors (Lipinski definition) is 2. The lowest BCUT2D eigenvalue weighted by Gasteiger charge is -2.16. The first-order valence-electron chi connectivity index (χ1n) is 4.73. The third-order valence-corrected chi connectivity index (χ3v) is 2.63. The molecule has 0 aliphatic heterocycles. The first-order chi connectivity index (χ1) is 6.70. The van der Waals surface area contributed by atoms with Crippen molar-refractivity contribution >= 4 is 29.1 Å². The molecular weight excluding hydrogens is 216 g/mol. The molecule has 1 unspecified atom stereocenters. The predicted octanol–water partition coefficient (Wildman–Crippen LogP) is 1.24. The molecule has 0 saturated carbocycles. The molecule has 0 bridgehead atoms. The number of thiocarbonyl (C=S) groups is 1. The van der Waals surface area contributed by atoms with E-state index in [-0.39, 0.29) is 0 Å². The van der Waals surface area contributed by atoms with E-state index >= 15 is 0 Å². The smallest absolute Gasteiger partial charge is 0.166 e. The van der Waals surface area contributed by atoms with E-state index in [0.29, 0.717) is 12.6 Å². The molecule has 1 atom stereocenters. The van der Waals surface area contributed by atoms with Crippen LogP contribution in [0.4, 0.5) is 0 Å². The highest BCUT2D eigenvalue weighted by atomic mass is 32.2. The van der Waals surface area contributed by atoms with Gasteiger partial charge in [0.25, 0.3) is 0 Å². The zero-order valence-electron chi connectivity index (χ0n) is 9.13. The lowest BCUT2D eigenvalue weighted by Crippen LogP contribution is -2.41. The van der Waals surface area contributed by atoms with Crippen LogP contribution in [0.2, 0.25) is 0 Å². The normalized spacial score (nSPS) is 12.2. The van der Waals surface area contributed by atoms with Crippen molar-refractivity contribution in [2.45, 2.75) is 19.4 Å². The number of hydrogen-bond acceptors (Lipinski definition) is 3. The van der Waals surface area contributed by atoms with E-state index in [1.54, 1.807) is 7.11 Å². The molecule has 84 valence electrons. The molecule has 14 heavy (non-hydrogen) atoms. The van der Waals surface area contributed by atoms with E-state index in [4.69, 9.17) is 17.0 Å². The Morgan fingerprint density at radius 3 is 2.86 bits per heavy atom. The van der Waals surface area contributed by atoms with Gasteiger partial charge < -0.3 is 15.4 Å². The van der Waals surface area contributed by atoms with E-state index in [1.165, 1.54) is 0 Å². The number of methoxy groups -OCH3 is 1. The van der Waals surface area contributed by atoms with Crippen LogP contribution in [-0.2, 0) is 4.74 Å². The van der Waals surface area contributed by atoms with Crippen LogP contribution in [-0.4, -0.2) is 43.4 Å². The molecule has 0 heterocycles. The summed E-state index contributed by atoms with van der Waals surface area (Å²) in [6, 6.07) is 0.435. The average molecular weight is 236 g/mol. The maximum atomic E-state index is 5.11. The molecule has 0 aromatic rings. The second-order valence-corrected chi connectivity index (χ2v) is 4.47. The molecule has 0 aromatic carbocycles. The summed E-state index contributed by atoms with van der Waals surface area (Å²) in [5.74, 6) is 1.16. The molecule has 0 saturated heterocycles. The fourth-order valence-electron chi connectivity index (χ4n) is 0.908. The van der Waals surface area contributed by atoms with Crippen molar-refractivity contribution in [2.24, 2.45) is 0 Å². The molecule has 0 spiro atoms. The maximum Gasteiger partial charge on any atom is 0.166 e. The Balaban J connectivity index is 3.40. The first-order valence-corrected chi connectivity index (χ1v) is 6.53. The molecule has 0 rings (SSSR count). The molecule has 0 radical (unpaired) electrons. The minimum Gasteiger partial charge on any atom is -0.383 e. The van der Waals surface area contributed by atoms with Crippen molar-refractivity contribution in [1.82, 2.24) is 10.6 Å². The van der Waals surface area contributed by atoms with Gasteiger partial charge in [-0.1, -0.05) is 0 Å². The fraction of sp³-hybridized carbons (Fsp3) is 0.889. The summed E-state index contributed by atoms with van der Waals surface area (Å²) < 4.78 is 4.91. The molecule has 0 amide bonds. The Morgan fingerprint density at radius 1 is 1.57 bits per heavy atom. The molecule has 3 nitrogen and oxygen atoms in total. The summed E-state index contributed by atoms with van der Waals surface area (Å²) in [5.41, 5.74) is 0. The minimum atomic E-state index is 0.435. The Kier molecular flexibility index (Phi) is 9.55. The van der Waals surface area contributed by atoms with Gasteiger partial charge >= 0.3 is 0 Å². The molecule has 0 fully saturated rings. The van der Waals surface area contributed by atoms with Crippen LogP contribution >= 0.6 is 24.0 Å². The molecule has 0 aliphatic rings. The van der Waals surface area contributed by atoms with E-state index in [0.717, 1.165) is 23.8 Å². The Hall–Kier alpha value is 0. The van der Waals surface area contributed by atoms with E-state index in [2.05, 4.69) is 23.8 Å². The Bertz CT molecular complexity index is 156. The lowest BCUT2D eigenvalue weighted by molar-refractivity contribution is 0.204. The fourth-order valence-corrected chi connectivity index (χ4v) is 1.80. The van der Waals surface area contributed by atoms with Gasteiger partial charge in [-0.05, 0) is 37.6 Å². The van der Waals surface area contributed by atoms with Crippen molar-refractivity contribution in [3.63, 3.8) is 0 Å². The summed E-state index contributed by atoms with van der Waals surface area (Å²) in [5, 5.41) is 7.02. The summed E-state index contributed by atoms with van der Waals surface area (Å²) in [4.78, 5) is 0. The van der Waals surface area contributed by atoms with Crippen molar-refractivity contribution in [3.05, 3.63) is 0 Å². The van der Waals surface area contributed by atoms with Crippen molar-refractivity contribution < 1.29 is 4.74 Å². The number of thioether (sulfide) groups is 1. The van der Waals surface area contributed by atoms with Gasteiger partial charge in [0.15, 0.2) is 5.11 Å². The van der Waals surface area contributed by atoms with Crippen molar-refractivity contribution in [1.29, 1.82) is 0 Å². The van der Waals surface area contributed by atoms with Crippen LogP contribution < -0.4 is 10.6 Å². The second-order valence-electron chi connectivity index (χ2n) is 3.08. The van der Waals surface area contributed by atoms with Gasteiger partial charge in [0, 0.05) is 19.7 Å². The molecule has 5 heteroatoms. The van der Waals surface area contributed by atoms with Crippen LogP contribution in [0.3, 0.4) is 0 Å². The highest BCUT2D eigenvalue weighted by Gasteiger charge is 2.02. The van der Waals surface area contributed by atoms with E-state index in [1.807, 2.05) is 11.8 Å². The molecular formula is C9H20N2OS2. The van der Waals surface area contributed by atoms with Crippen LogP contribution in [0.1, 0.15) is 13.3 Å². The van der Waals surface area contributed by atoms with Crippen LogP contribution in [0.5, 0.6) is 0 Å². The van der Waals surface area contributed by atoms with Gasteiger partial charge in [-0.3, -0.25) is 0 Å². The van der Waals surface area contributed by atoms with Crippen LogP contribution in [0.25, 0.3) is 0 Å². The van der Waals surface area contributed by atoms with E-state index < -0.39 is 0 Å². The summed E-state index contributed by atoms with van der Waals surface area (Å²) in [6.45, 7) is 3.58. The first kappa shape index (κ1) is 14.0. The van der Waals surface area contributed by atoms with Crippen molar-refractivity contribution in [2.75, 3.05) is 32.3 Å². The van der Waals surface area contributed by atoms with Crippen LogP contribution in [0.15, 0.2) is 0 Å². The van der Waals surface area contributed by atoms with Crippen LogP contribution in [0, 0.1) is 0 Å². The van der Waals surface area contributed by atoms with Gasteiger partial charge in [0.1, 0.15) is 0 Å². The quantitative estimate of drug-likeness (QED) is 0.513. The third-order valence-electron chi connectivity index (χ3n) is 1.72. The van der Waals surface area contributed by atoms with Gasteiger partial charge in [0.05, 0.1) is 6.61 Å². The Labute approximate surface area is 96.4 Å². The zero-order chi connectivity index (χ0) is 10.8. The standard InChI is InChI=1S/C9H20N2OS2/c1-8(4-7-14-3)11-9(13)10-5-6-12-2/h8H,4-7H2,1-3H3,(H2,10,11,13). The predicted molar refractivity (Wildman–Crippen MR) is 68.1 cm³/mol. The zero-order valence-corrected chi connectivity index (χ0v) is 10.8. The molecule has 0 aliphatic carbocycles. The van der Waals surface area contributed by atoms with Gasteiger partial charge in [-0.25, -0.2) is 0 Å². The molecule has 0 aromatic heterocycles. The molecule has 2 N–H and O–H groups in total. The highest BCUT2D eigenvalue weighted by molar-refractivity contribution is 7.98. The SMILES string of the molecule is COCCNC(=S)NC(C)CCSC.